The molecule has 21 heavy (non-hydrogen) atoms. The van der Waals surface area contributed by atoms with Crippen LogP contribution in [0.1, 0.15) is 33.6 Å². The molecule has 0 atom stereocenters. The maximum Gasteiger partial charge on any atom is 0.0540 e. The average Bonchev–Trinajstić information content (AvgIpc) is 2.86. The van der Waals surface area contributed by atoms with Crippen LogP contribution in [0.3, 0.4) is 0 Å². The fourth-order valence-electron chi connectivity index (χ4n) is 2.19. The van der Waals surface area contributed by atoms with Crippen molar-refractivity contribution in [3.63, 3.8) is 0 Å². The van der Waals surface area contributed by atoms with Crippen molar-refractivity contribution in [1.29, 1.82) is 0 Å². The molecule has 0 radical (unpaired) electrons. The highest BCUT2D eigenvalue weighted by atomic mass is 32.2. The first-order valence-corrected chi connectivity index (χ1v) is 9.03. The highest BCUT2D eigenvalue weighted by Crippen LogP contribution is 2.25. The lowest BCUT2D eigenvalue weighted by Crippen LogP contribution is -1.87. The molecule has 0 fully saturated rings. The van der Waals surface area contributed by atoms with Gasteiger partial charge < -0.3 is 5.11 Å². The van der Waals surface area contributed by atoms with Crippen LogP contribution in [-0.4, -0.2) is 11.7 Å². The zero-order valence-corrected chi connectivity index (χ0v) is 14.1. The zero-order chi connectivity index (χ0) is 15.1. The van der Waals surface area contributed by atoms with Crippen molar-refractivity contribution in [1.82, 2.24) is 0 Å². The zero-order valence-electron chi connectivity index (χ0n) is 12.5. The van der Waals surface area contributed by atoms with E-state index in [9.17, 15) is 0 Å². The van der Waals surface area contributed by atoms with E-state index in [0.717, 1.165) is 17.1 Å². The summed E-state index contributed by atoms with van der Waals surface area (Å²) in [5, 5.41) is 10.9. The molecule has 2 aromatic rings. The number of rotatable bonds is 5. The van der Waals surface area contributed by atoms with Crippen molar-refractivity contribution in [3.05, 3.63) is 56.8 Å². The maximum atomic E-state index is 8.77. The van der Waals surface area contributed by atoms with Crippen molar-refractivity contribution in [2.75, 3.05) is 6.61 Å². The van der Waals surface area contributed by atoms with Gasteiger partial charge in [-0.05, 0) is 30.9 Å². The first-order chi connectivity index (χ1) is 10.2. The largest absolute Gasteiger partial charge is 0.395 e. The Morgan fingerprint density at radius 1 is 1.14 bits per heavy atom. The van der Waals surface area contributed by atoms with Gasteiger partial charge in [-0.2, -0.15) is 11.8 Å². The summed E-state index contributed by atoms with van der Waals surface area (Å²) < 4.78 is 0. The number of thiophene rings is 1. The number of thioether (sulfide) groups is 1. The Morgan fingerprint density at radius 3 is 2.62 bits per heavy atom. The van der Waals surface area contributed by atoms with Crippen LogP contribution in [0.5, 0.6) is 0 Å². The first-order valence-electron chi connectivity index (χ1n) is 7.00. The standard InChI is InChI=1S/C18H20OS2/c1-14-9-15(2)11-16(10-14)12-20-13-18-17(6-8-21-18)5-3-4-7-19/h6,8-11,19H,4,7,12-13H2,1-2H3. The summed E-state index contributed by atoms with van der Waals surface area (Å²) in [5.41, 5.74) is 5.16. The van der Waals surface area contributed by atoms with E-state index in [2.05, 4.69) is 55.3 Å². The fourth-order valence-corrected chi connectivity index (χ4v) is 4.17. The third kappa shape index (κ3) is 5.24. The van der Waals surface area contributed by atoms with Gasteiger partial charge in [0.15, 0.2) is 0 Å². The van der Waals surface area contributed by atoms with E-state index >= 15 is 0 Å². The van der Waals surface area contributed by atoms with Crippen LogP contribution < -0.4 is 0 Å². The second-order valence-corrected chi connectivity index (χ2v) is 7.01. The van der Waals surface area contributed by atoms with Crippen LogP contribution in [0.25, 0.3) is 0 Å². The summed E-state index contributed by atoms with van der Waals surface area (Å²) in [4.78, 5) is 1.33. The lowest BCUT2D eigenvalue weighted by Gasteiger charge is -2.05. The van der Waals surface area contributed by atoms with E-state index < -0.39 is 0 Å². The summed E-state index contributed by atoms with van der Waals surface area (Å²) in [6.45, 7) is 4.43. The van der Waals surface area contributed by atoms with Crippen LogP contribution >= 0.6 is 23.1 Å². The van der Waals surface area contributed by atoms with Gasteiger partial charge in [0.1, 0.15) is 0 Å². The fraction of sp³-hybridized carbons (Fsp3) is 0.333. The minimum Gasteiger partial charge on any atom is -0.395 e. The second-order valence-electron chi connectivity index (χ2n) is 5.02. The van der Waals surface area contributed by atoms with Crippen LogP contribution in [0.15, 0.2) is 29.6 Å². The molecule has 0 saturated carbocycles. The predicted octanol–water partition coefficient (Wildman–Crippen LogP) is 4.53. The van der Waals surface area contributed by atoms with Crippen molar-refractivity contribution < 1.29 is 5.11 Å². The molecule has 1 heterocycles. The topological polar surface area (TPSA) is 20.2 Å². The molecule has 0 bridgehead atoms. The number of aliphatic hydroxyl groups excluding tert-OH is 1. The molecule has 0 unspecified atom stereocenters. The van der Waals surface area contributed by atoms with Gasteiger partial charge in [-0.15, -0.1) is 11.3 Å². The molecular weight excluding hydrogens is 296 g/mol. The van der Waals surface area contributed by atoms with E-state index in [-0.39, 0.29) is 6.61 Å². The Bertz CT molecular complexity index is 626. The highest BCUT2D eigenvalue weighted by Gasteiger charge is 2.03. The Balaban J connectivity index is 1.92. The lowest BCUT2D eigenvalue weighted by molar-refractivity contribution is 0.305. The summed E-state index contributed by atoms with van der Waals surface area (Å²) in [5.74, 6) is 8.17. The average molecular weight is 316 g/mol. The number of hydrogen-bond acceptors (Lipinski definition) is 3. The molecule has 0 spiro atoms. The van der Waals surface area contributed by atoms with E-state index in [1.54, 1.807) is 11.3 Å². The molecule has 0 aliphatic heterocycles. The Morgan fingerprint density at radius 2 is 1.90 bits per heavy atom. The predicted molar refractivity (Wildman–Crippen MR) is 93.8 cm³/mol. The molecule has 110 valence electrons. The highest BCUT2D eigenvalue weighted by molar-refractivity contribution is 7.97. The van der Waals surface area contributed by atoms with Gasteiger partial charge in [-0.1, -0.05) is 41.2 Å². The minimum absolute atomic E-state index is 0.133. The van der Waals surface area contributed by atoms with Crippen LogP contribution in [0, 0.1) is 25.7 Å². The van der Waals surface area contributed by atoms with E-state index in [1.165, 1.54) is 21.6 Å². The van der Waals surface area contributed by atoms with Crippen molar-refractivity contribution >= 4 is 23.1 Å². The lowest BCUT2D eigenvalue weighted by atomic mass is 10.1. The molecule has 1 nitrogen and oxygen atoms in total. The molecule has 1 aromatic carbocycles. The summed E-state index contributed by atoms with van der Waals surface area (Å²) in [6.07, 6.45) is 0.547. The van der Waals surface area contributed by atoms with Gasteiger partial charge in [0.2, 0.25) is 0 Å². The van der Waals surface area contributed by atoms with Crippen molar-refractivity contribution in [3.8, 4) is 11.8 Å². The van der Waals surface area contributed by atoms with E-state index in [4.69, 9.17) is 5.11 Å². The van der Waals surface area contributed by atoms with Gasteiger partial charge >= 0.3 is 0 Å². The van der Waals surface area contributed by atoms with Crippen molar-refractivity contribution in [2.24, 2.45) is 0 Å². The molecular formula is C18H20OS2. The Hall–Kier alpha value is -1.21. The Labute approximate surface area is 135 Å². The first kappa shape index (κ1) is 16.2. The molecule has 3 heteroatoms. The van der Waals surface area contributed by atoms with Gasteiger partial charge in [-0.3, -0.25) is 0 Å². The van der Waals surface area contributed by atoms with Crippen LogP contribution in [0.4, 0.5) is 0 Å². The monoisotopic (exact) mass is 316 g/mol. The van der Waals surface area contributed by atoms with Gasteiger partial charge in [0.25, 0.3) is 0 Å². The Kier molecular flexibility index (Phi) is 6.38. The summed E-state index contributed by atoms with van der Waals surface area (Å²) >= 11 is 3.69. The van der Waals surface area contributed by atoms with E-state index in [1.807, 2.05) is 11.8 Å². The third-order valence-electron chi connectivity index (χ3n) is 2.99. The van der Waals surface area contributed by atoms with Crippen LogP contribution in [0.2, 0.25) is 0 Å². The van der Waals surface area contributed by atoms with Crippen LogP contribution in [-0.2, 0) is 11.5 Å². The molecule has 1 aromatic heterocycles. The summed E-state index contributed by atoms with van der Waals surface area (Å²) in [7, 11) is 0. The quantitative estimate of drug-likeness (QED) is 0.818. The molecule has 0 aliphatic rings. The third-order valence-corrected chi connectivity index (χ3v) is 5.12. The molecule has 1 N–H and O–H groups in total. The molecule has 2 rings (SSSR count). The molecule has 0 saturated heterocycles. The normalized spacial score (nSPS) is 10.2. The number of hydrogen-bond donors (Lipinski definition) is 1. The number of aliphatic hydroxyl groups is 1. The second kappa shape index (κ2) is 8.29. The SMILES string of the molecule is Cc1cc(C)cc(CSCc2sccc2C#CCCO)c1. The maximum absolute atomic E-state index is 8.77. The van der Waals surface area contributed by atoms with Crippen molar-refractivity contribution in [2.45, 2.75) is 31.8 Å². The van der Waals surface area contributed by atoms with Gasteiger partial charge in [0, 0.05) is 28.4 Å². The number of benzene rings is 1. The summed E-state index contributed by atoms with van der Waals surface area (Å²) in [6, 6.07) is 8.80. The van der Waals surface area contributed by atoms with E-state index in [0.29, 0.717) is 6.42 Å². The van der Waals surface area contributed by atoms with Gasteiger partial charge in [0.05, 0.1) is 6.61 Å². The molecule has 0 aliphatic carbocycles. The van der Waals surface area contributed by atoms with Gasteiger partial charge in [-0.25, -0.2) is 0 Å². The minimum atomic E-state index is 0.133. The smallest absolute Gasteiger partial charge is 0.0540 e. The molecule has 0 amide bonds. The number of aryl methyl sites for hydroxylation is 2.